The quantitative estimate of drug-likeness (QED) is 0.241. The summed E-state index contributed by atoms with van der Waals surface area (Å²) in [5.74, 6) is -0.861. The Morgan fingerprint density at radius 1 is 0.976 bits per heavy atom. The third-order valence-electron chi connectivity index (χ3n) is 6.50. The smallest absolute Gasteiger partial charge is 0.264 e. The molecule has 0 aliphatic rings. The van der Waals surface area contributed by atoms with Gasteiger partial charge in [0.05, 0.1) is 17.7 Å². The lowest BCUT2D eigenvalue weighted by atomic mass is 10.1. The van der Waals surface area contributed by atoms with Crippen LogP contribution in [0.5, 0.6) is 5.75 Å². The van der Waals surface area contributed by atoms with Crippen LogP contribution in [0.3, 0.4) is 0 Å². The summed E-state index contributed by atoms with van der Waals surface area (Å²) in [6.07, 6.45) is 0.248. The minimum absolute atomic E-state index is 0.0341. The summed E-state index contributed by atoms with van der Waals surface area (Å²) in [6, 6.07) is 14.5. The predicted molar refractivity (Wildman–Crippen MR) is 168 cm³/mol. The summed E-state index contributed by atoms with van der Waals surface area (Å²) in [6.45, 7) is 6.42. The number of ether oxygens (including phenoxy) is 1. The fraction of sp³-hybridized carbons (Fsp3) is 0.333. The zero-order valence-corrected chi connectivity index (χ0v) is 27.1. The van der Waals surface area contributed by atoms with Gasteiger partial charge in [-0.1, -0.05) is 65.5 Å². The topological polar surface area (TPSA) is 96.0 Å². The molecule has 0 unspecified atom stereocenters. The molecule has 1 N–H and O–H groups in total. The number of rotatable bonds is 12. The number of halogens is 3. The summed E-state index contributed by atoms with van der Waals surface area (Å²) in [5.41, 5.74) is 1.36. The van der Waals surface area contributed by atoms with Gasteiger partial charge in [-0.3, -0.25) is 13.9 Å². The molecule has 226 valence electrons. The van der Waals surface area contributed by atoms with Gasteiger partial charge in [0, 0.05) is 33.2 Å². The average Bonchev–Trinajstić information content (AvgIpc) is 2.92. The Bertz CT molecular complexity index is 1510. The summed E-state index contributed by atoms with van der Waals surface area (Å²) in [7, 11) is -2.93. The van der Waals surface area contributed by atoms with E-state index in [0.29, 0.717) is 15.6 Å². The lowest BCUT2D eigenvalue weighted by molar-refractivity contribution is -0.140. The fourth-order valence-electron chi connectivity index (χ4n) is 4.36. The van der Waals surface area contributed by atoms with E-state index in [2.05, 4.69) is 5.32 Å². The minimum atomic E-state index is -4.32. The molecule has 3 rings (SSSR count). The third kappa shape index (κ3) is 7.89. The van der Waals surface area contributed by atoms with Crippen molar-refractivity contribution in [2.45, 2.75) is 57.6 Å². The molecular weight excluding hydrogens is 621 g/mol. The van der Waals surface area contributed by atoms with Crippen LogP contribution in [0.1, 0.15) is 38.3 Å². The molecule has 0 radical (unpaired) electrons. The number of aryl methyl sites for hydroxylation is 1. The molecule has 0 bridgehead atoms. The van der Waals surface area contributed by atoms with E-state index in [9.17, 15) is 18.0 Å². The van der Waals surface area contributed by atoms with Gasteiger partial charge in [0.15, 0.2) is 0 Å². The Kier molecular flexibility index (Phi) is 11.5. The van der Waals surface area contributed by atoms with Gasteiger partial charge in [-0.2, -0.15) is 0 Å². The highest BCUT2D eigenvalue weighted by molar-refractivity contribution is 7.92. The number of nitrogens with one attached hydrogen (secondary N) is 1. The van der Waals surface area contributed by atoms with E-state index in [1.807, 2.05) is 20.8 Å². The van der Waals surface area contributed by atoms with Gasteiger partial charge < -0.3 is 15.0 Å². The second kappa shape index (κ2) is 14.5. The van der Waals surface area contributed by atoms with Crippen molar-refractivity contribution >= 4 is 62.3 Å². The van der Waals surface area contributed by atoms with Crippen molar-refractivity contribution in [3.05, 3.63) is 86.9 Å². The maximum atomic E-state index is 14.2. The number of hydrogen-bond acceptors (Lipinski definition) is 5. The number of methoxy groups -OCH3 is 1. The monoisotopic (exact) mass is 653 g/mol. The Morgan fingerprint density at radius 3 is 2.14 bits per heavy atom. The fourth-order valence-corrected chi connectivity index (χ4v) is 6.46. The summed E-state index contributed by atoms with van der Waals surface area (Å²) in [5, 5.41) is 3.70. The number of hydrogen-bond donors (Lipinski definition) is 1. The number of carbonyl (C=O) groups is 2. The van der Waals surface area contributed by atoms with E-state index in [4.69, 9.17) is 39.5 Å². The van der Waals surface area contributed by atoms with E-state index in [1.165, 1.54) is 36.3 Å². The molecule has 2 amide bonds. The van der Waals surface area contributed by atoms with Gasteiger partial charge in [0.2, 0.25) is 11.8 Å². The Morgan fingerprint density at radius 2 is 1.60 bits per heavy atom. The summed E-state index contributed by atoms with van der Waals surface area (Å²) >= 11 is 19.2. The van der Waals surface area contributed by atoms with Crippen molar-refractivity contribution in [1.29, 1.82) is 0 Å². The maximum Gasteiger partial charge on any atom is 0.264 e. The second-order valence-corrected chi connectivity index (χ2v) is 13.1. The molecule has 0 saturated carbocycles. The second-order valence-electron chi connectivity index (χ2n) is 9.95. The van der Waals surface area contributed by atoms with Crippen molar-refractivity contribution in [2.24, 2.45) is 0 Å². The van der Waals surface area contributed by atoms with Crippen molar-refractivity contribution in [3.8, 4) is 5.75 Å². The van der Waals surface area contributed by atoms with E-state index in [-0.39, 0.29) is 40.4 Å². The molecule has 0 aliphatic carbocycles. The maximum absolute atomic E-state index is 14.2. The zero-order valence-electron chi connectivity index (χ0n) is 24.0. The molecule has 12 heteroatoms. The molecule has 0 heterocycles. The highest BCUT2D eigenvalue weighted by Gasteiger charge is 2.35. The van der Waals surface area contributed by atoms with Gasteiger partial charge >= 0.3 is 0 Å². The number of anilines is 1. The average molecular weight is 655 g/mol. The SMILES string of the molecule is CC[C@H](C(=O)NC(C)C)N(Cc1c(Cl)cccc1Cl)C(=O)CN(c1cc(Cl)ccc1OC)S(=O)(=O)c1ccc(C)cc1. The standard InChI is InChI=1S/C30H34Cl3N3O5S/c1-6-26(30(38)34-19(2)3)35(17-23-24(32)8-7-9-25(23)33)29(37)18-36(27-16-21(31)12-15-28(27)41-5)42(39,40)22-13-10-20(4)11-14-22/h7-16,19,26H,6,17-18H2,1-5H3,(H,34,38)/t26-/m1/s1. The molecule has 0 aromatic heterocycles. The van der Waals surface area contributed by atoms with Crippen LogP contribution in [0.2, 0.25) is 15.1 Å². The molecule has 0 aliphatic heterocycles. The van der Waals surface area contributed by atoms with E-state index >= 15 is 0 Å². The van der Waals surface area contributed by atoms with Crippen molar-refractivity contribution < 1.29 is 22.7 Å². The Balaban J connectivity index is 2.17. The van der Waals surface area contributed by atoms with Crippen LogP contribution in [-0.4, -0.2) is 50.9 Å². The lowest BCUT2D eigenvalue weighted by Crippen LogP contribution is -2.53. The van der Waals surface area contributed by atoms with Gasteiger partial charge in [0.25, 0.3) is 10.0 Å². The normalized spacial score (nSPS) is 12.1. The van der Waals surface area contributed by atoms with Crippen LogP contribution in [0, 0.1) is 6.92 Å². The molecule has 1 atom stereocenters. The van der Waals surface area contributed by atoms with Crippen molar-refractivity contribution in [2.75, 3.05) is 18.0 Å². The number of carbonyl (C=O) groups excluding carboxylic acids is 2. The van der Waals surface area contributed by atoms with E-state index < -0.39 is 34.4 Å². The molecule has 0 spiro atoms. The number of amides is 2. The molecule has 42 heavy (non-hydrogen) atoms. The van der Waals surface area contributed by atoms with Gasteiger partial charge in [0.1, 0.15) is 18.3 Å². The first kappa shape index (κ1) is 33.5. The first-order valence-electron chi connectivity index (χ1n) is 13.3. The van der Waals surface area contributed by atoms with E-state index in [1.54, 1.807) is 43.3 Å². The van der Waals surface area contributed by atoms with Gasteiger partial charge in [-0.15, -0.1) is 0 Å². The Hall–Kier alpha value is -2.98. The number of sulfonamides is 1. The van der Waals surface area contributed by atoms with Crippen LogP contribution in [0.25, 0.3) is 0 Å². The molecule has 3 aromatic rings. The van der Waals surface area contributed by atoms with Crippen molar-refractivity contribution in [1.82, 2.24) is 10.2 Å². The summed E-state index contributed by atoms with van der Waals surface area (Å²) in [4.78, 5) is 28.8. The van der Waals surface area contributed by atoms with Crippen LogP contribution in [0.15, 0.2) is 65.6 Å². The highest BCUT2D eigenvalue weighted by atomic mass is 35.5. The first-order chi connectivity index (χ1) is 19.8. The van der Waals surface area contributed by atoms with E-state index in [0.717, 1.165) is 9.87 Å². The van der Waals surface area contributed by atoms with Gasteiger partial charge in [-0.05, 0) is 69.7 Å². The van der Waals surface area contributed by atoms with Crippen molar-refractivity contribution in [3.63, 3.8) is 0 Å². The molecule has 3 aromatic carbocycles. The van der Waals surface area contributed by atoms with Crippen LogP contribution in [-0.2, 0) is 26.2 Å². The molecule has 0 saturated heterocycles. The third-order valence-corrected chi connectivity index (χ3v) is 9.22. The van der Waals surface area contributed by atoms with Crippen LogP contribution >= 0.6 is 34.8 Å². The first-order valence-corrected chi connectivity index (χ1v) is 15.8. The highest BCUT2D eigenvalue weighted by Crippen LogP contribution is 2.35. The van der Waals surface area contributed by atoms with Crippen LogP contribution < -0.4 is 14.4 Å². The number of nitrogens with zero attached hydrogens (tertiary/aromatic N) is 2. The summed E-state index contributed by atoms with van der Waals surface area (Å²) < 4.78 is 34.6. The largest absolute Gasteiger partial charge is 0.495 e. The lowest BCUT2D eigenvalue weighted by Gasteiger charge is -2.34. The Labute approximate surface area is 262 Å². The predicted octanol–water partition coefficient (Wildman–Crippen LogP) is 6.49. The molecule has 8 nitrogen and oxygen atoms in total. The minimum Gasteiger partial charge on any atom is -0.495 e. The molecule has 0 fully saturated rings. The van der Waals surface area contributed by atoms with Crippen LogP contribution in [0.4, 0.5) is 5.69 Å². The number of benzene rings is 3. The molecular formula is C30H34Cl3N3O5S. The van der Waals surface area contributed by atoms with Gasteiger partial charge in [-0.25, -0.2) is 8.42 Å². The zero-order chi connectivity index (χ0) is 31.2.